The molecule has 0 spiro atoms. The molecule has 1 atom stereocenters. The van der Waals surface area contributed by atoms with Gasteiger partial charge in [-0.05, 0) is 20.5 Å². The Morgan fingerprint density at radius 1 is 1.19 bits per heavy atom. The number of hydrogen-bond donors (Lipinski definition) is 1. The Balaban J connectivity index is 2.22. The molecule has 1 aliphatic heterocycles. The summed E-state index contributed by atoms with van der Waals surface area (Å²) in [6.07, 6.45) is 1.17. The molecular weight excluding hydrogens is 200 g/mol. The second-order valence-corrected chi connectivity index (χ2v) is 4.98. The predicted molar refractivity (Wildman–Crippen MR) is 69.7 cm³/mol. The second-order valence-electron chi connectivity index (χ2n) is 4.98. The molecule has 0 saturated carbocycles. The maximum Gasteiger partial charge on any atom is 0.0216 e. The Bertz CT molecular complexity index is 172. The van der Waals surface area contributed by atoms with Crippen molar-refractivity contribution in [3.05, 3.63) is 0 Å². The first-order chi connectivity index (χ1) is 7.67. The molecule has 0 bridgehead atoms. The fraction of sp³-hybridized carbons (Fsp3) is 1.00. The summed E-state index contributed by atoms with van der Waals surface area (Å²) in [6.45, 7) is 10.2. The van der Waals surface area contributed by atoms with E-state index in [4.69, 9.17) is 5.73 Å². The van der Waals surface area contributed by atoms with Crippen LogP contribution in [0.25, 0.3) is 0 Å². The van der Waals surface area contributed by atoms with Gasteiger partial charge >= 0.3 is 0 Å². The highest BCUT2D eigenvalue weighted by Gasteiger charge is 2.21. The SMILES string of the molecule is CCC(CN)N1CCN(CCN(C)C)CC1. The lowest BCUT2D eigenvalue weighted by molar-refractivity contribution is 0.0925. The first-order valence-corrected chi connectivity index (χ1v) is 6.48. The number of nitrogens with zero attached hydrogens (tertiary/aromatic N) is 3. The highest BCUT2D eigenvalue weighted by molar-refractivity contribution is 4.78. The van der Waals surface area contributed by atoms with Gasteiger partial charge in [0.1, 0.15) is 0 Å². The summed E-state index contributed by atoms with van der Waals surface area (Å²) < 4.78 is 0. The predicted octanol–water partition coefficient (Wildman–Crippen LogP) is -0.0971. The van der Waals surface area contributed by atoms with Crippen LogP contribution in [-0.4, -0.2) is 80.7 Å². The molecule has 0 aliphatic carbocycles. The van der Waals surface area contributed by atoms with E-state index in [2.05, 4.69) is 35.7 Å². The summed E-state index contributed by atoms with van der Waals surface area (Å²) in [4.78, 5) is 7.35. The first kappa shape index (κ1) is 13.9. The van der Waals surface area contributed by atoms with Crippen molar-refractivity contribution in [2.75, 3.05) is 59.9 Å². The number of likely N-dealkylation sites (N-methyl/N-ethyl adjacent to an activating group) is 1. The topological polar surface area (TPSA) is 35.7 Å². The molecule has 1 fully saturated rings. The highest BCUT2D eigenvalue weighted by Crippen LogP contribution is 2.08. The average Bonchev–Trinajstić information content (AvgIpc) is 2.29. The van der Waals surface area contributed by atoms with Crippen LogP contribution < -0.4 is 5.73 Å². The van der Waals surface area contributed by atoms with Gasteiger partial charge in [-0.25, -0.2) is 0 Å². The van der Waals surface area contributed by atoms with Crippen LogP contribution >= 0.6 is 0 Å². The van der Waals surface area contributed by atoms with E-state index in [9.17, 15) is 0 Å². The van der Waals surface area contributed by atoms with Gasteiger partial charge < -0.3 is 10.6 Å². The third kappa shape index (κ3) is 4.37. The lowest BCUT2D eigenvalue weighted by atomic mass is 10.1. The first-order valence-electron chi connectivity index (χ1n) is 6.48. The summed E-state index contributed by atoms with van der Waals surface area (Å²) in [5.41, 5.74) is 5.79. The van der Waals surface area contributed by atoms with E-state index in [1.807, 2.05) is 0 Å². The van der Waals surface area contributed by atoms with Crippen LogP contribution in [0.3, 0.4) is 0 Å². The Kier molecular flexibility index (Phi) is 6.28. The molecule has 4 nitrogen and oxygen atoms in total. The molecule has 1 unspecified atom stereocenters. The standard InChI is InChI=1S/C12H28N4/c1-4-12(11-13)16-9-7-15(8-10-16)6-5-14(2)3/h12H,4-11,13H2,1-3H3. The van der Waals surface area contributed by atoms with Crippen molar-refractivity contribution in [1.82, 2.24) is 14.7 Å². The highest BCUT2D eigenvalue weighted by atomic mass is 15.3. The Morgan fingerprint density at radius 3 is 2.25 bits per heavy atom. The zero-order valence-corrected chi connectivity index (χ0v) is 11.2. The quantitative estimate of drug-likeness (QED) is 0.689. The molecule has 0 radical (unpaired) electrons. The van der Waals surface area contributed by atoms with Crippen LogP contribution in [0.1, 0.15) is 13.3 Å². The summed E-state index contributed by atoms with van der Waals surface area (Å²) in [6, 6.07) is 0.594. The van der Waals surface area contributed by atoms with E-state index in [0.29, 0.717) is 6.04 Å². The molecule has 1 rings (SSSR count). The molecule has 0 amide bonds. The van der Waals surface area contributed by atoms with Crippen LogP contribution in [0.15, 0.2) is 0 Å². The van der Waals surface area contributed by atoms with Crippen molar-refractivity contribution >= 4 is 0 Å². The third-order valence-electron chi connectivity index (χ3n) is 3.53. The third-order valence-corrected chi connectivity index (χ3v) is 3.53. The fourth-order valence-corrected chi connectivity index (χ4v) is 2.27. The van der Waals surface area contributed by atoms with Crippen molar-refractivity contribution in [3.63, 3.8) is 0 Å². The molecule has 0 aromatic carbocycles. The van der Waals surface area contributed by atoms with Crippen LogP contribution in [0.5, 0.6) is 0 Å². The average molecular weight is 228 g/mol. The summed E-state index contributed by atoms with van der Waals surface area (Å²) in [5.74, 6) is 0. The van der Waals surface area contributed by atoms with Crippen molar-refractivity contribution in [3.8, 4) is 0 Å². The van der Waals surface area contributed by atoms with Gasteiger partial charge in [0.05, 0.1) is 0 Å². The molecule has 0 aromatic heterocycles. The maximum atomic E-state index is 5.79. The van der Waals surface area contributed by atoms with E-state index >= 15 is 0 Å². The number of piperazine rings is 1. The molecular formula is C12H28N4. The molecule has 2 N–H and O–H groups in total. The largest absolute Gasteiger partial charge is 0.329 e. The molecule has 96 valence electrons. The van der Waals surface area contributed by atoms with Gasteiger partial charge in [0, 0.05) is 51.9 Å². The number of rotatable bonds is 6. The Morgan fingerprint density at radius 2 is 1.81 bits per heavy atom. The molecule has 1 saturated heterocycles. The van der Waals surface area contributed by atoms with E-state index in [1.165, 1.54) is 39.1 Å². The smallest absolute Gasteiger partial charge is 0.0216 e. The van der Waals surface area contributed by atoms with Gasteiger partial charge in [-0.2, -0.15) is 0 Å². The minimum atomic E-state index is 0.594. The van der Waals surface area contributed by atoms with Crippen molar-refractivity contribution in [1.29, 1.82) is 0 Å². The van der Waals surface area contributed by atoms with E-state index < -0.39 is 0 Å². The lowest BCUT2D eigenvalue weighted by Crippen LogP contribution is -2.52. The van der Waals surface area contributed by atoms with Gasteiger partial charge in [0.25, 0.3) is 0 Å². The lowest BCUT2D eigenvalue weighted by Gasteiger charge is -2.39. The Labute approximate surface area is 100 Å². The van der Waals surface area contributed by atoms with E-state index in [1.54, 1.807) is 0 Å². The number of hydrogen-bond acceptors (Lipinski definition) is 4. The minimum absolute atomic E-state index is 0.594. The molecule has 1 aliphatic rings. The normalized spacial score (nSPS) is 21.6. The van der Waals surface area contributed by atoms with Gasteiger partial charge in [0.15, 0.2) is 0 Å². The van der Waals surface area contributed by atoms with Crippen LogP contribution in [0, 0.1) is 0 Å². The van der Waals surface area contributed by atoms with E-state index in [0.717, 1.165) is 13.1 Å². The summed E-state index contributed by atoms with van der Waals surface area (Å²) in [5, 5.41) is 0. The van der Waals surface area contributed by atoms with Crippen LogP contribution in [-0.2, 0) is 0 Å². The molecule has 16 heavy (non-hydrogen) atoms. The van der Waals surface area contributed by atoms with Gasteiger partial charge in [-0.1, -0.05) is 6.92 Å². The van der Waals surface area contributed by atoms with Crippen LogP contribution in [0.2, 0.25) is 0 Å². The zero-order chi connectivity index (χ0) is 12.0. The van der Waals surface area contributed by atoms with Crippen molar-refractivity contribution < 1.29 is 0 Å². The van der Waals surface area contributed by atoms with Crippen LogP contribution in [0.4, 0.5) is 0 Å². The molecule has 4 heteroatoms. The van der Waals surface area contributed by atoms with E-state index in [-0.39, 0.29) is 0 Å². The monoisotopic (exact) mass is 228 g/mol. The summed E-state index contributed by atoms with van der Waals surface area (Å²) >= 11 is 0. The van der Waals surface area contributed by atoms with Crippen molar-refractivity contribution in [2.24, 2.45) is 5.73 Å². The maximum absolute atomic E-state index is 5.79. The molecule has 0 aromatic rings. The minimum Gasteiger partial charge on any atom is -0.329 e. The fourth-order valence-electron chi connectivity index (χ4n) is 2.27. The summed E-state index contributed by atoms with van der Waals surface area (Å²) in [7, 11) is 4.27. The second kappa shape index (κ2) is 7.22. The van der Waals surface area contributed by atoms with Gasteiger partial charge in [-0.3, -0.25) is 9.80 Å². The molecule has 1 heterocycles. The zero-order valence-electron chi connectivity index (χ0n) is 11.2. The van der Waals surface area contributed by atoms with Crippen molar-refractivity contribution in [2.45, 2.75) is 19.4 Å². The van der Waals surface area contributed by atoms with Gasteiger partial charge in [0.2, 0.25) is 0 Å². The van der Waals surface area contributed by atoms with Gasteiger partial charge in [-0.15, -0.1) is 0 Å². The number of nitrogens with two attached hydrogens (primary N) is 1. The Hall–Kier alpha value is -0.160.